The summed E-state index contributed by atoms with van der Waals surface area (Å²) in [5.41, 5.74) is 0. The first-order chi connectivity index (χ1) is 9.58. The molecule has 4 aliphatic rings. The minimum atomic E-state index is -0.151. The molecule has 0 aromatic carbocycles. The fourth-order valence-electron chi connectivity index (χ4n) is 5.34. The molecule has 0 aromatic heterocycles. The Bertz CT molecular complexity index is 397. The van der Waals surface area contributed by atoms with Gasteiger partial charge in [0.05, 0.1) is 6.07 Å². The van der Waals surface area contributed by atoms with E-state index in [1.54, 1.807) is 0 Å². The lowest BCUT2D eigenvalue weighted by molar-refractivity contribution is -0.136. The largest absolute Gasteiger partial charge is 0.345 e. The van der Waals surface area contributed by atoms with Gasteiger partial charge in [0, 0.05) is 25.9 Å². The van der Waals surface area contributed by atoms with Crippen LogP contribution in [0.5, 0.6) is 0 Å². The fraction of sp³-hybridized carbons (Fsp3) is 0.882. The van der Waals surface area contributed by atoms with Crippen molar-refractivity contribution in [3.63, 3.8) is 0 Å². The standard InChI is InChI=1S/C17H26N2O/c1-11(3-4-18)17(20)19(2)10-16-14-6-12-5-13(8-14)9-15(16)7-12/h11-16H,3,5-10H2,1-2H3. The molecule has 1 amide bonds. The molecule has 0 radical (unpaired) electrons. The Labute approximate surface area is 122 Å². The van der Waals surface area contributed by atoms with Crippen LogP contribution in [0.3, 0.4) is 0 Å². The molecule has 4 aliphatic carbocycles. The van der Waals surface area contributed by atoms with Gasteiger partial charge in [-0.3, -0.25) is 4.79 Å². The maximum atomic E-state index is 12.3. The molecule has 20 heavy (non-hydrogen) atoms. The topological polar surface area (TPSA) is 44.1 Å². The predicted octanol–water partition coefficient (Wildman–Crippen LogP) is 3.07. The zero-order chi connectivity index (χ0) is 14.3. The molecule has 0 aromatic rings. The van der Waals surface area contributed by atoms with Crippen LogP contribution in [0.25, 0.3) is 0 Å². The lowest BCUT2D eigenvalue weighted by atomic mass is 9.52. The van der Waals surface area contributed by atoms with E-state index >= 15 is 0 Å². The molecule has 4 rings (SSSR count). The highest BCUT2D eigenvalue weighted by Crippen LogP contribution is 2.56. The second kappa shape index (κ2) is 5.39. The van der Waals surface area contributed by atoms with Gasteiger partial charge in [-0.25, -0.2) is 0 Å². The average molecular weight is 274 g/mol. The van der Waals surface area contributed by atoms with Crippen LogP contribution in [0.1, 0.15) is 45.4 Å². The summed E-state index contributed by atoms with van der Waals surface area (Å²) in [5, 5.41) is 8.73. The molecule has 0 aliphatic heterocycles. The highest BCUT2D eigenvalue weighted by molar-refractivity contribution is 5.78. The number of carbonyl (C=O) groups excluding carboxylic acids is 1. The molecule has 0 saturated heterocycles. The van der Waals surface area contributed by atoms with Crippen LogP contribution >= 0.6 is 0 Å². The molecule has 1 unspecified atom stereocenters. The minimum absolute atomic E-state index is 0.151. The van der Waals surface area contributed by atoms with Gasteiger partial charge in [-0.15, -0.1) is 0 Å². The monoisotopic (exact) mass is 274 g/mol. The summed E-state index contributed by atoms with van der Waals surface area (Å²) in [6.45, 7) is 2.79. The molecular weight excluding hydrogens is 248 g/mol. The van der Waals surface area contributed by atoms with Crippen molar-refractivity contribution in [2.24, 2.45) is 35.5 Å². The SMILES string of the molecule is CC(CC#N)C(=O)N(C)CC1C2CC3CC(C2)CC1C3. The Balaban J connectivity index is 1.60. The maximum Gasteiger partial charge on any atom is 0.226 e. The Morgan fingerprint density at radius 2 is 1.75 bits per heavy atom. The van der Waals surface area contributed by atoms with Crippen LogP contribution in [0, 0.1) is 46.8 Å². The molecule has 0 heterocycles. The van der Waals surface area contributed by atoms with Crippen LogP contribution in [-0.2, 0) is 4.79 Å². The van der Waals surface area contributed by atoms with E-state index in [-0.39, 0.29) is 11.8 Å². The van der Waals surface area contributed by atoms with Crippen LogP contribution in [-0.4, -0.2) is 24.4 Å². The van der Waals surface area contributed by atoms with Gasteiger partial charge in [0.2, 0.25) is 5.91 Å². The number of hydrogen-bond donors (Lipinski definition) is 0. The van der Waals surface area contributed by atoms with E-state index < -0.39 is 0 Å². The first-order valence-corrected chi connectivity index (χ1v) is 8.20. The Morgan fingerprint density at radius 1 is 1.20 bits per heavy atom. The molecule has 0 N–H and O–H groups in total. The Kier molecular flexibility index (Phi) is 3.75. The zero-order valence-electron chi connectivity index (χ0n) is 12.7. The van der Waals surface area contributed by atoms with Gasteiger partial charge in [-0.05, 0) is 61.7 Å². The minimum Gasteiger partial charge on any atom is -0.345 e. The predicted molar refractivity (Wildman–Crippen MR) is 77.6 cm³/mol. The number of hydrogen-bond acceptors (Lipinski definition) is 2. The van der Waals surface area contributed by atoms with Gasteiger partial charge >= 0.3 is 0 Å². The fourth-order valence-corrected chi connectivity index (χ4v) is 5.34. The normalized spacial score (nSPS) is 39.4. The second-order valence-corrected chi connectivity index (χ2v) is 7.58. The second-order valence-electron chi connectivity index (χ2n) is 7.58. The molecule has 4 bridgehead atoms. The summed E-state index contributed by atoms with van der Waals surface area (Å²) in [4.78, 5) is 14.2. The van der Waals surface area contributed by atoms with E-state index in [0.717, 1.165) is 36.1 Å². The van der Waals surface area contributed by atoms with Gasteiger partial charge in [-0.2, -0.15) is 5.26 Å². The summed E-state index contributed by atoms with van der Waals surface area (Å²) < 4.78 is 0. The maximum absolute atomic E-state index is 12.3. The lowest BCUT2D eigenvalue weighted by Crippen LogP contribution is -2.49. The molecule has 0 spiro atoms. The van der Waals surface area contributed by atoms with Crippen molar-refractivity contribution >= 4 is 5.91 Å². The van der Waals surface area contributed by atoms with Gasteiger partial charge in [-0.1, -0.05) is 6.92 Å². The van der Waals surface area contributed by atoms with Crippen molar-refractivity contribution in [2.75, 3.05) is 13.6 Å². The van der Waals surface area contributed by atoms with E-state index in [2.05, 4.69) is 6.07 Å². The Hall–Kier alpha value is -1.04. The van der Waals surface area contributed by atoms with E-state index in [0.29, 0.717) is 6.42 Å². The first-order valence-electron chi connectivity index (χ1n) is 8.20. The summed E-state index contributed by atoms with van der Waals surface area (Å²) in [5.74, 6) is 4.45. The highest BCUT2D eigenvalue weighted by Gasteiger charge is 2.48. The van der Waals surface area contributed by atoms with Crippen LogP contribution < -0.4 is 0 Å². The summed E-state index contributed by atoms with van der Waals surface area (Å²) in [6.07, 6.45) is 7.46. The molecule has 1 atom stereocenters. The smallest absolute Gasteiger partial charge is 0.226 e. The van der Waals surface area contributed by atoms with Crippen molar-refractivity contribution < 1.29 is 4.79 Å². The number of nitrogens with zero attached hydrogens (tertiary/aromatic N) is 2. The van der Waals surface area contributed by atoms with Crippen LogP contribution in [0.4, 0.5) is 0 Å². The summed E-state index contributed by atoms with van der Waals surface area (Å²) in [6, 6.07) is 2.11. The van der Waals surface area contributed by atoms with E-state index in [9.17, 15) is 4.79 Å². The van der Waals surface area contributed by atoms with Gasteiger partial charge in [0.15, 0.2) is 0 Å². The highest BCUT2D eigenvalue weighted by atomic mass is 16.2. The molecule has 3 heteroatoms. The number of rotatable bonds is 4. The average Bonchev–Trinajstić information content (AvgIpc) is 2.41. The van der Waals surface area contributed by atoms with Crippen molar-refractivity contribution in [1.82, 2.24) is 4.90 Å². The van der Waals surface area contributed by atoms with Crippen molar-refractivity contribution in [1.29, 1.82) is 5.26 Å². The lowest BCUT2D eigenvalue weighted by Gasteiger charge is -2.55. The summed E-state index contributed by atoms with van der Waals surface area (Å²) >= 11 is 0. The molecule has 4 saturated carbocycles. The van der Waals surface area contributed by atoms with Crippen LogP contribution in [0.2, 0.25) is 0 Å². The van der Waals surface area contributed by atoms with Crippen LogP contribution in [0.15, 0.2) is 0 Å². The van der Waals surface area contributed by atoms with Crippen molar-refractivity contribution in [3.8, 4) is 6.07 Å². The van der Waals surface area contributed by atoms with E-state index in [1.807, 2.05) is 18.9 Å². The third-order valence-electron chi connectivity index (χ3n) is 6.10. The van der Waals surface area contributed by atoms with Gasteiger partial charge < -0.3 is 4.90 Å². The Morgan fingerprint density at radius 3 is 2.25 bits per heavy atom. The van der Waals surface area contributed by atoms with Crippen molar-refractivity contribution in [2.45, 2.75) is 45.4 Å². The molecule has 3 nitrogen and oxygen atoms in total. The zero-order valence-corrected chi connectivity index (χ0v) is 12.7. The van der Waals surface area contributed by atoms with E-state index in [1.165, 1.54) is 32.1 Å². The third kappa shape index (κ3) is 2.45. The molecule has 4 fully saturated rings. The van der Waals surface area contributed by atoms with Gasteiger partial charge in [0.1, 0.15) is 0 Å². The molecule has 110 valence electrons. The first kappa shape index (κ1) is 13.9. The number of amides is 1. The quantitative estimate of drug-likeness (QED) is 0.791. The van der Waals surface area contributed by atoms with Gasteiger partial charge in [0.25, 0.3) is 0 Å². The number of carbonyl (C=O) groups is 1. The van der Waals surface area contributed by atoms with E-state index in [4.69, 9.17) is 5.26 Å². The molecular formula is C17H26N2O. The summed E-state index contributed by atoms with van der Waals surface area (Å²) in [7, 11) is 1.93. The third-order valence-corrected chi connectivity index (χ3v) is 6.10. The van der Waals surface area contributed by atoms with Crippen molar-refractivity contribution in [3.05, 3.63) is 0 Å². The number of nitriles is 1.